The van der Waals surface area contributed by atoms with Crippen LogP contribution in [-0.4, -0.2) is 40.0 Å². The second-order valence-corrected chi connectivity index (χ2v) is 6.67. The van der Waals surface area contributed by atoms with Crippen LogP contribution in [0.4, 0.5) is 5.69 Å². The second-order valence-electron chi connectivity index (χ2n) is 6.67. The Labute approximate surface area is 169 Å². The number of benzene rings is 1. The number of amides is 1. The maximum absolute atomic E-state index is 12.4. The number of carbonyl (C=O) groups is 1. The van der Waals surface area contributed by atoms with Gasteiger partial charge in [0, 0.05) is 30.6 Å². The lowest BCUT2D eigenvalue weighted by atomic mass is 9.81. The summed E-state index contributed by atoms with van der Waals surface area (Å²) in [5, 5.41) is 17.6. The fourth-order valence-electron chi connectivity index (χ4n) is 3.03. The van der Waals surface area contributed by atoms with Crippen molar-refractivity contribution < 1.29 is 9.72 Å². The first-order valence-corrected chi connectivity index (χ1v) is 8.24. The number of imidazole rings is 1. The Morgan fingerprint density at radius 1 is 1.37 bits per heavy atom. The second kappa shape index (κ2) is 9.68. The molecule has 1 fully saturated rings. The topological polar surface area (TPSA) is 102 Å². The van der Waals surface area contributed by atoms with Crippen molar-refractivity contribution in [1.29, 1.82) is 0 Å². The molecule has 2 heterocycles. The van der Waals surface area contributed by atoms with Crippen molar-refractivity contribution in [2.24, 2.45) is 5.41 Å². The summed E-state index contributed by atoms with van der Waals surface area (Å²) < 4.78 is 1.55. The van der Waals surface area contributed by atoms with Gasteiger partial charge in [-0.05, 0) is 43.5 Å². The van der Waals surface area contributed by atoms with Crippen LogP contribution in [0, 0.1) is 15.5 Å². The number of nitrogens with one attached hydrogen (secondary N) is 2. The maximum Gasteiger partial charge on any atom is 0.294 e. The first kappa shape index (κ1) is 22.9. The molecule has 8 nitrogen and oxygen atoms in total. The first-order chi connectivity index (χ1) is 12.0. The summed E-state index contributed by atoms with van der Waals surface area (Å²) in [6.45, 7) is 4.60. The Morgan fingerprint density at radius 2 is 2.07 bits per heavy atom. The Bertz CT molecular complexity index is 777. The molecule has 1 aliphatic rings. The van der Waals surface area contributed by atoms with Gasteiger partial charge in [-0.15, -0.1) is 24.8 Å². The van der Waals surface area contributed by atoms with Gasteiger partial charge in [-0.25, -0.2) is 4.98 Å². The van der Waals surface area contributed by atoms with Gasteiger partial charge in [0.1, 0.15) is 5.69 Å². The highest BCUT2D eigenvalue weighted by atomic mass is 35.5. The van der Waals surface area contributed by atoms with Crippen molar-refractivity contribution in [3.63, 3.8) is 0 Å². The minimum absolute atomic E-state index is 0. The lowest BCUT2D eigenvalue weighted by Crippen LogP contribution is -2.42. The van der Waals surface area contributed by atoms with Crippen molar-refractivity contribution in [2.75, 3.05) is 19.6 Å². The van der Waals surface area contributed by atoms with Crippen molar-refractivity contribution in [2.45, 2.75) is 19.8 Å². The molecule has 0 spiro atoms. The molecule has 1 aromatic heterocycles. The fourth-order valence-corrected chi connectivity index (χ4v) is 3.03. The van der Waals surface area contributed by atoms with E-state index in [1.807, 2.05) is 0 Å². The molecule has 1 aromatic carbocycles. The van der Waals surface area contributed by atoms with Crippen molar-refractivity contribution >= 4 is 36.4 Å². The minimum atomic E-state index is -0.486. The van der Waals surface area contributed by atoms with E-state index in [2.05, 4.69) is 22.5 Å². The van der Waals surface area contributed by atoms with E-state index in [4.69, 9.17) is 0 Å². The van der Waals surface area contributed by atoms with E-state index in [1.165, 1.54) is 12.4 Å². The molecule has 0 aliphatic carbocycles. The first-order valence-electron chi connectivity index (χ1n) is 8.24. The summed E-state index contributed by atoms with van der Waals surface area (Å²) in [5.41, 5.74) is 0.597. The highest BCUT2D eigenvalue weighted by Crippen LogP contribution is 2.27. The monoisotopic (exact) mass is 415 g/mol. The van der Waals surface area contributed by atoms with Crippen molar-refractivity contribution in [3.05, 3.63) is 52.6 Å². The zero-order chi connectivity index (χ0) is 17.9. The van der Waals surface area contributed by atoms with Gasteiger partial charge in [0.15, 0.2) is 0 Å². The van der Waals surface area contributed by atoms with Gasteiger partial charge in [-0.2, -0.15) is 0 Å². The summed E-state index contributed by atoms with van der Waals surface area (Å²) in [7, 11) is 0. The molecule has 1 aliphatic heterocycles. The molecule has 2 N–H and O–H groups in total. The molecule has 3 rings (SSSR count). The van der Waals surface area contributed by atoms with Gasteiger partial charge in [0.25, 0.3) is 11.6 Å². The summed E-state index contributed by atoms with van der Waals surface area (Å²) in [6, 6.07) is 4.48. The molecular formula is C17H23Cl2N5O3. The number of nitrogens with zero attached hydrogens (tertiary/aromatic N) is 3. The summed E-state index contributed by atoms with van der Waals surface area (Å²) in [5.74, 6) is -0.292. The lowest BCUT2D eigenvalue weighted by Gasteiger charge is -2.34. The highest BCUT2D eigenvalue weighted by Gasteiger charge is 2.27. The van der Waals surface area contributed by atoms with Crippen LogP contribution >= 0.6 is 24.8 Å². The molecule has 0 saturated carbocycles. The molecule has 0 radical (unpaired) electrons. The number of nitro groups is 1. The smallest absolute Gasteiger partial charge is 0.294 e. The van der Waals surface area contributed by atoms with Gasteiger partial charge in [0.05, 0.1) is 11.3 Å². The zero-order valence-corrected chi connectivity index (χ0v) is 16.5. The number of hydrogen-bond acceptors (Lipinski definition) is 5. The van der Waals surface area contributed by atoms with Crippen LogP contribution in [0.5, 0.6) is 0 Å². The SMILES string of the molecule is CC1(CNC(=O)c2ccc(-n3ccnc3)c([N+](=O)[O-])c2)CCNCC1.Cl.Cl. The number of carbonyl (C=O) groups excluding carboxylic acids is 1. The lowest BCUT2D eigenvalue weighted by molar-refractivity contribution is -0.384. The normalized spacial score (nSPS) is 15.1. The van der Waals surface area contributed by atoms with Crippen LogP contribution < -0.4 is 10.6 Å². The molecule has 1 amide bonds. The predicted molar refractivity (Wildman–Crippen MR) is 107 cm³/mol. The Hall–Kier alpha value is -2.16. The number of rotatable bonds is 5. The van der Waals surface area contributed by atoms with Crippen LogP contribution in [-0.2, 0) is 0 Å². The number of nitro benzene ring substituents is 1. The van der Waals surface area contributed by atoms with E-state index >= 15 is 0 Å². The van der Waals surface area contributed by atoms with Gasteiger partial charge >= 0.3 is 0 Å². The summed E-state index contributed by atoms with van der Waals surface area (Å²) >= 11 is 0. The van der Waals surface area contributed by atoms with Crippen LogP contribution in [0.1, 0.15) is 30.1 Å². The summed E-state index contributed by atoms with van der Waals surface area (Å²) in [6.07, 6.45) is 6.64. The fraction of sp³-hybridized carbons (Fsp3) is 0.412. The quantitative estimate of drug-likeness (QED) is 0.577. The molecular weight excluding hydrogens is 393 g/mol. The zero-order valence-electron chi connectivity index (χ0n) is 14.9. The van der Waals surface area contributed by atoms with Crippen molar-refractivity contribution in [1.82, 2.24) is 20.2 Å². The molecule has 0 unspecified atom stereocenters. The van der Waals surface area contributed by atoms with E-state index in [0.29, 0.717) is 12.2 Å². The maximum atomic E-state index is 12.4. The van der Waals surface area contributed by atoms with Crippen LogP contribution in [0.3, 0.4) is 0 Å². The van der Waals surface area contributed by atoms with Gasteiger partial charge in [0.2, 0.25) is 0 Å². The highest BCUT2D eigenvalue weighted by molar-refractivity contribution is 5.95. The third kappa shape index (κ3) is 5.41. The Kier molecular flexibility index (Phi) is 8.20. The third-order valence-corrected chi connectivity index (χ3v) is 4.70. The summed E-state index contributed by atoms with van der Waals surface area (Å²) in [4.78, 5) is 27.2. The molecule has 10 heteroatoms. The number of aromatic nitrogens is 2. The number of piperidine rings is 1. The van der Waals surface area contributed by atoms with Crippen LogP contribution in [0.2, 0.25) is 0 Å². The molecule has 27 heavy (non-hydrogen) atoms. The minimum Gasteiger partial charge on any atom is -0.351 e. The molecule has 0 bridgehead atoms. The average Bonchev–Trinajstić information content (AvgIpc) is 3.14. The Morgan fingerprint density at radius 3 is 2.67 bits per heavy atom. The largest absolute Gasteiger partial charge is 0.351 e. The van der Waals surface area contributed by atoms with Crippen molar-refractivity contribution in [3.8, 4) is 5.69 Å². The third-order valence-electron chi connectivity index (χ3n) is 4.70. The predicted octanol–water partition coefficient (Wildman–Crippen LogP) is 2.74. The average molecular weight is 416 g/mol. The van der Waals surface area contributed by atoms with E-state index in [-0.39, 0.29) is 47.4 Å². The van der Waals surface area contributed by atoms with E-state index in [1.54, 1.807) is 29.1 Å². The van der Waals surface area contributed by atoms with E-state index in [0.717, 1.165) is 25.9 Å². The molecule has 0 atom stereocenters. The van der Waals surface area contributed by atoms with Crippen LogP contribution in [0.15, 0.2) is 36.9 Å². The van der Waals surface area contributed by atoms with E-state index in [9.17, 15) is 14.9 Å². The van der Waals surface area contributed by atoms with Gasteiger partial charge in [-0.1, -0.05) is 6.92 Å². The Balaban J connectivity index is 0.00000182. The molecule has 1 saturated heterocycles. The standard InChI is InChI=1S/C17H21N5O3.2ClH/c1-17(4-6-18-7-5-17)11-20-16(23)13-2-3-14(15(10-13)22(24)25)21-9-8-19-12-21;;/h2-3,8-10,12,18H,4-7,11H2,1H3,(H,20,23);2*1H. The van der Waals surface area contributed by atoms with Gasteiger partial charge in [-0.3, -0.25) is 14.9 Å². The van der Waals surface area contributed by atoms with Crippen LogP contribution in [0.25, 0.3) is 5.69 Å². The molecule has 148 valence electrons. The number of halogens is 2. The number of hydrogen-bond donors (Lipinski definition) is 2. The van der Waals surface area contributed by atoms with E-state index < -0.39 is 4.92 Å². The molecule has 2 aromatic rings. The van der Waals surface area contributed by atoms with Gasteiger partial charge < -0.3 is 15.2 Å².